The van der Waals surface area contributed by atoms with Crippen LogP contribution < -0.4 is 5.32 Å². The van der Waals surface area contributed by atoms with Gasteiger partial charge in [0.2, 0.25) is 5.91 Å². The van der Waals surface area contributed by atoms with Gasteiger partial charge in [0, 0.05) is 18.2 Å². The van der Waals surface area contributed by atoms with Crippen molar-refractivity contribution in [2.45, 2.75) is 52.1 Å². The predicted octanol–water partition coefficient (Wildman–Crippen LogP) is 4.13. The summed E-state index contributed by atoms with van der Waals surface area (Å²) >= 11 is 0. The molecule has 1 aliphatic carbocycles. The monoisotopic (exact) mass is 275 g/mol. The number of carbonyl (C=O) groups is 1. The molecule has 1 aliphatic rings. The van der Waals surface area contributed by atoms with Crippen LogP contribution in [0, 0.1) is 5.92 Å². The lowest BCUT2D eigenvalue weighted by Crippen LogP contribution is -2.22. The Kier molecular flexibility index (Phi) is 6.06. The minimum Gasteiger partial charge on any atom is -0.377 e. The van der Waals surface area contributed by atoms with Crippen molar-refractivity contribution in [3.63, 3.8) is 0 Å². The van der Waals surface area contributed by atoms with Crippen molar-refractivity contribution in [3.8, 4) is 0 Å². The van der Waals surface area contributed by atoms with Crippen molar-refractivity contribution in [1.29, 1.82) is 0 Å². The predicted molar refractivity (Wildman–Crippen MR) is 81.6 cm³/mol. The number of ether oxygens (including phenoxy) is 1. The number of rotatable bonds is 5. The Morgan fingerprint density at radius 1 is 1.25 bits per heavy atom. The van der Waals surface area contributed by atoms with Crippen LogP contribution in [-0.4, -0.2) is 12.5 Å². The molecule has 0 aliphatic heterocycles. The minimum atomic E-state index is 0.181. The fourth-order valence-electron chi connectivity index (χ4n) is 2.74. The van der Waals surface area contributed by atoms with Gasteiger partial charge in [0.05, 0.1) is 6.61 Å². The average Bonchev–Trinajstić information content (AvgIpc) is 2.74. The SMILES string of the molecule is CCOCc1cccc(NC(=O)C2CCCCCC2)c1. The zero-order valence-electron chi connectivity index (χ0n) is 12.4. The molecule has 1 fully saturated rings. The Bertz CT molecular complexity index is 423. The topological polar surface area (TPSA) is 38.3 Å². The van der Waals surface area contributed by atoms with Gasteiger partial charge in [-0.1, -0.05) is 37.8 Å². The van der Waals surface area contributed by atoms with Crippen LogP contribution in [0.15, 0.2) is 24.3 Å². The van der Waals surface area contributed by atoms with Crippen molar-refractivity contribution in [1.82, 2.24) is 0 Å². The van der Waals surface area contributed by atoms with Crippen molar-refractivity contribution in [3.05, 3.63) is 29.8 Å². The molecule has 0 spiro atoms. The summed E-state index contributed by atoms with van der Waals surface area (Å²) in [7, 11) is 0. The summed E-state index contributed by atoms with van der Waals surface area (Å²) < 4.78 is 5.40. The first kappa shape index (κ1) is 15.0. The molecule has 20 heavy (non-hydrogen) atoms. The standard InChI is InChI=1S/C17H25NO2/c1-2-20-13-14-8-7-11-16(12-14)18-17(19)15-9-5-3-4-6-10-15/h7-8,11-12,15H,2-6,9-10,13H2,1H3,(H,18,19). The van der Waals surface area contributed by atoms with Gasteiger partial charge in [-0.15, -0.1) is 0 Å². The van der Waals surface area contributed by atoms with Crippen LogP contribution in [0.4, 0.5) is 5.69 Å². The molecule has 0 aromatic heterocycles. The maximum absolute atomic E-state index is 12.3. The van der Waals surface area contributed by atoms with E-state index in [0.29, 0.717) is 13.2 Å². The second-order valence-corrected chi connectivity index (χ2v) is 5.52. The van der Waals surface area contributed by atoms with Crippen LogP contribution in [0.5, 0.6) is 0 Å². The highest BCUT2D eigenvalue weighted by Gasteiger charge is 2.19. The maximum Gasteiger partial charge on any atom is 0.227 e. The second kappa shape index (κ2) is 8.05. The first-order valence-corrected chi connectivity index (χ1v) is 7.77. The Hall–Kier alpha value is -1.35. The van der Waals surface area contributed by atoms with E-state index in [2.05, 4.69) is 5.32 Å². The smallest absolute Gasteiger partial charge is 0.227 e. The van der Waals surface area contributed by atoms with E-state index in [0.717, 1.165) is 24.1 Å². The van der Waals surface area contributed by atoms with Crippen LogP contribution >= 0.6 is 0 Å². The zero-order chi connectivity index (χ0) is 14.2. The number of nitrogens with one attached hydrogen (secondary N) is 1. The summed E-state index contributed by atoms with van der Waals surface area (Å²) in [5.74, 6) is 0.369. The summed E-state index contributed by atoms with van der Waals surface area (Å²) in [6.07, 6.45) is 6.97. The molecule has 0 atom stereocenters. The normalized spacial score (nSPS) is 16.6. The highest BCUT2D eigenvalue weighted by Crippen LogP contribution is 2.24. The first-order valence-electron chi connectivity index (χ1n) is 7.77. The number of hydrogen-bond donors (Lipinski definition) is 1. The number of benzene rings is 1. The second-order valence-electron chi connectivity index (χ2n) is 5.52. The molecule has 0 unspecified atom stereocenters. The Morgan fingerprint density at radius 2 is 2.00 bits per heavy atom. The largest absolute Gasteiger partial charge is 0.377 e. The van der Waals surface area contributed by atoms with Gasteiger partial charge in [-0.25, -0.2) is 0 Å². The molecule has 3 nitrogen and oxygen atoms in total. The van der Waals surface area contributed by atoms with E-state index in [9.17, 15) is 4.79 Å². The van der Waals surface area contributed by atoms with E-state index in [-0.39, 0.29) is 11.8 Å². The molecule has 3 heteroatoms. The fraction of sp³-hybridized carbons (Fsp3) is 0.588. The third kappa shape index (κ3) is 4.64. The lowest BCUT2D eigenvalue weighted by atomic mass is 9.99. The molecule has 1 N–H and O–H groups in total. The van der Waals surface area contributed by atoms with Crippen LogP contribution in [-0.2, 0) is 16.1 Å². The molecule has 1 amide bonds. The van der Waals surface area contributed by atoms with Gasteiger partial charge in [-0.3, -0.25) is 4.79 Å². The maximum atomic E-state index is 12.3. The third-order valence-corrected chi connectivity index (χ3v) is 3.89. The summed E-state index contributed by atoms with van der Waals surface area (Å²) in [6, 6.07) is 7.95. The molecule has 0 bridgehead atoms. The zero-order valence-corrected chi connectivity index (χ0v) is 12.4. The summed E-state index contributed by atoms with van der Waals surface area (Å²) in [6.45, 7) is 3.29. The summed E-state index contributed by atoms with van der Waals surface area (Å²) in [5.41, 5.74) is 1.99. The van der Waals surface area contributed by atoms with E-state index in [1.54, 1.807) is 0 Å². The van der Waals surface area contributed by atoms with Crippen molar-refractivity contribution < 1.29 is 9.53 Å². The molecule has 2 rings (SSSR count). The number of amides is 1. The molecule has 0 radical (unpaired) electrons. The van der Waals surface area contributed by atoms with Crippen LogP contribution in [0.25, 0.3) is 0 Å². The molecular formula is C17H25NO2. The lowest BCUT2D eigenvalue weighted by molar-refractivity contribution is -0.120. The lowest BCUT2D eigenvalue weighted by Gasteiger charge is -2.14. The number of hydrogen-bond acceptors (Lipinski definition) is 2. The molecule has 1 aromatic rings. The fourth-order valence-corrected chi connectivity index (χ4v) is 2.74. The highest BCUT2D eigenvalue weighted by molar-refractivity contribution is 5.92. The van der Waals surface area contributed by atoms with Gasteiger partial charge in [0.1, 0.15) is 0 Å². The van der Waals surface area contributed by atoms with Gasteiger partial charge in [0.15, 0.2) is 0 Å². The van der Waals surface area contributed by atoms with Crippen molar-refractivity contribution in [2.24, 2.45) is 5.92 Å². The molecule has 110 valence electrons. The number of anilines is 1. The van der Waals surface area contributed by atoms with Crippen LogP contribution in [0.3, 0.4) is 0 Å². The van der Waals surface area contributed by atoms with Crippen LogP contribution in [0.1, 0.15) is 51.0 Å². The van der Waals surface area contributed by atoms with Crippen molar-refractivity contribution in [2.75, 3.05) is 11.9 Å². The molecule has 1 aromatic carbocycles. The Morgan fingerprint density at radius 3 is 2.70 bits per heavy atom. The Balaban J connectivity index is 1.92. The minimum absolute atomic E-state index is 0.181. The average molecular weight is 275 g/mol. The van der Waals surface area contributed by atoms with Gasteiger partial charge >= 0.3 is 0 Å². The van der Waals surface area contributed by atoms with E-state index in [1.165, 1.54) is 25.7 Å². The van der Waals surface area contributed by atoms with E-state index >= 15 is 0 Å². The van der Waals surface area contributed by atoms with Gasteiger partial charge in [-0.05, 0) is 37.5 Å². The van der Waals surface area contributed by atoms with Crippen molar-refractivity contribution >= 4 is 11.6 Å². The quantitative estimate of drug-likeness (QED) is 0.820. The van der Waals surface area contributed by atoms with Gasteiger partial charge < -0.3 is 10.1 Å². The molecule has 0 heterocycles. The first-order chi connectivity index (χ1) is 9.79. The summed E-state index contributed by atoms with van der Waals surface area (Å²) in [5, 5.41) is 3.06. The number of carbonyl (C=O) groups excluding carboxylic acids is 1. The third-order valence-electron chi connectivity index (χ3n) is 3.89. The molecular weight excluding hydrogens is 250 g/mol. The highest BCUT2D eigenvalue weighted by atomic mass is 16.5. The van der Waals surface area contributed by atoms with Crippen LogP contribution in [0.2, 0.25) is 0 Å². The summed E-state index contributed by atoms with van der Waals surface area (Å²) in [4.78, 5) is 12.3. The van der Waals surface area contributed by atoms with E-state index in [4.69, 9.17) is 4.74 Å². The van der Waals surface area contributed by atoms with Gasteiger partial charge in [-0.2, -0.15) is 0 Å². The van der Waals surface area contributed by atoms with E-state index in [1.807, 2.05) is 31.2 Å². The molecule has 0 saturated heterocycles. The Labute approximate surface area is 121 Å². The molecule has 1 saturated carbocycles. The van der Waals surface area contributed by atoms with E-state index < -0.39 is 0 Å². The van der Waals surface area contributed by atoms with Gasteiger partial charge in [0.25, 0.3) is 0 Å².